The molecular formula is C18H27NO4. The minimum Gasteiger partial charge on any atom is -0.435 e. The van der Waals surface area contributed by atoms with Crippen LogP contribution in [0.15, 0.2) is 30.3 Å². The summed E-state index contributed by atoms with van der Waals surface area (Å²) in [5.74, 6) is -0.279. The zero-order valence-electron chi connectivity index (χ0n) is 14.0. The molecule has 0 radical (unpaired) electrons. The number of hydrogen-bond acceptors (Lipinski definition) is 4. The molecule has 128 valence electrons. The smallest absolute Gasteiger partial charge is 0.435 e. The van der Waals surface area contributed by atoms with E-state index in [1.165, 1.54) is 0 Å². The molecule has 0 aliphatic carbocycles. The lowest BCUT2D eigenvalue weighted by atomic mass is 10.1. The molecule has 1 rings (SSSR count). The van der Waals surface area contributed by atoms with Gasteiger partial charge in [0.25, 0.3) is 5.91 Å². The number of rotatable bonds is 10. The van der Waals surface area contributed by atoms with Crippen LogP contribution in [0.25, 0.3) is 0 Å². The lowest BCUT2D eigenvalue weighted by molar-refractivity contribution is -0.131. The lowest BCUT2D eigenvalue weighted by Gasteiger charge is -2.17. The number of ether oxygens (including phenoxy) is 2. The monoisotopic (exact) mass is 321 g/mol. The standard InChI is InChI=1S/C18H27NO4/c1-3-5-6-10-13-16(23-18(21)22-4-2)17(20)19-14-15-11-8-7-9-12-15/h7-9,11-12,16H,3-6,10,13-14H2,1-2H3,(H,19,20). The Morgan fingerprint density at radius 1 is 1.09 bits per heavy atom. The molecule has 0 heterocycles. The van der Waals surface area contributed by atoms with Crippen molar-refractivity contribution in [2.45, 2.75) is 58.6 Å². The third-order valence-corrected chi connectivity index (χ3v) is 3.42. The Bertz CT molecular complexity index is 461. The first kappa shape index (κ1) is 19.0. The van der Waals surface area contributed by atoms with Crippen LogP contribution in [0.2, 0.25) is 0 Å². The summed E-state index contributed by atoms with van der Waals surface area (Å²) in [4.78, 5) is 23.8. The number of nitrogens with one attached hydrogen (secondary N) is 1. The molecule has 23 heavy (non-hydrogen) atoms. The summed E-state index contributed by atoms with van der Waals surface area (Å²) in [7, 11) is 0. The molecular weight excluding hydrogens is 294 g/mol. The van der Waals surface area contributed by atoms with Gasteiger partial charge in [-0.25, -0.2) is 4.79 Å². The van der Waals surface area contributed by atoms with Gasteiger partial charge < -0.3 is 14.8 Å². The lowest BCUT2D eigenvalue weighted by Crippen LogP contribution is -2.37. The molecule has 0 bridgehead atoms. The SMILES string of the molecule is CCCCCCC(OC(=O)OCC)C(=O)NCc1ccccc1. The number of hydrogen-bond donors (Lipinski definition) is 1. The molecule has 0 aliphatic heterocycles. The van der Waals surface area contributed by atoms with E-state index in [1.54, 1.807) is 6.92 Å². The number of carbonyl (C=O) groups excluding carboxylic acids is 2. The normalized spacial score (nSPS) is 11.6. The summed E-state index contributed by atoms with van der Waals surface area (Å²) in [5, 5.41) is 2.82. The van der Waals surface area contributed by atoms with Crippen molar-refractivity contribution >= 4 is 12.1 Å². The summed E-state index contributed by atoms with van der Waals surface area (Å²) in [6.45, 7) is 4.47. The highest BCUT2D eigenvalue weighted by Crippen LogP contribution is 2.10. The molecule has 5 nitrogen and oxygen atoms in total. The first-order valence-corrected chi connectivity index (χ1v) is 8.32. The van der Waals surface area contributed by atoms with Crippen molar-refractivity contribution in [2.24, 2.45) is 0 Å². The van der Waals surface area contributed by atoms with E-state index in [1.807, 2.05) is 30.3 Å². The molecule has 0 saturated heterocycles. The molecule has 1 aromatic carbocycles. The minimum absolute atomic E-state index is 0.229. The van der Waals surface area contributed by atoms with Crippen molar-refractivity contribution in [2.75, 3.05) is 6.61 Å². The molecule has 0 fully saturated rings. The van der Waals surface area contributed by atoms with Gasteiger partial charge in [-0.05, 0) is 25.3 Å². The van der Waals surface area contributed by atoms with Gasteiger partial charge in [-0.2, -0.15) is 0 Å². The van der Waals surface area contributed by atoms with E-state index in [2.05, 4.69) is 12.2 Å². The van der Waals surface area contributed by atoms with Crippen molar-refractivity contribution in [3.05, 3.63) is 35.9 Å². The number of carbonyl (C=O) groups is 2. The molecule has 0 spiro atoms. The van der Waals surface area contributed by atoms with E-state index in [9.17, 15) is 9.59 Å². The topological polar surface area (TPSA) is 64.6 Å². The largest absolute Gasteiger partial charge is 0.509 e. The van der Waals surface area contributed by atoms with Gasteiger partial charge in [0, 0.05) is 6.54 Å². The summed E-state index contributed by atoms with van der Waals surface area (Å²) in [5.41, 5.74) is 1.00. The maximum atomic E-state index is 12.3. The van der Waals surface area contributed by atoms with E-state index >= 15 is 0 Å². The van der Waals surface area contributed by atoms with Crippen molar-refractivity contribution in [3.63, 3.8) is 0 Å². The maximum Gasteiger partial charge on any atom is 0.509 e. The molecule has 1 atom stereocenters. The highest BCUT2D eigenvalue weighted by Gasteiger charge is 2.23. The second-order valence-electron chi connectivity index (χ2n) is 5.34. The summed E-state index contributed by atoms with van der Waals surface area (Å²) in [6, 6.07) is 9.62. The number of unbranched alkanes of at least 4 members (excludes halogenated alkanes) is 3. The summed E-state index contributed by atoms with van der Waals surface area (Å²) < 4.78 is 9.92. The Labute approximate surface area is 138 Å². The zero-order chi connectivity index (χ0) is 16.9. The van der Waals surface area contributed by atoms with Crippen LogP contribution >= 0.6 is 0 Å². The van der Waals surface area contributed by atoms with E-state index in [0.29, 0.717) is 13.0 Å². The molecule has 1 unspecified atom stereocenters. The fourth-order valence-electron chi connectivity index (χ4n) is 2.17. The Hall–Kier alpha value is -2.04. The fraction of sp³-hybridized carbons (Fsp3) is 0.556. The third kappa shape index (κ3) is 8.24. The maximum absolute atomic E-state index is 12.3. The molecule has 1 N–H and O–H groups in total. The Balaban J connectivity index is 2.50. The average Bonchev–Trinajstić information content (AvgIpc) is 2.56. The molecule has 5 heteroatoms. The predicted octanol–water partition coefficient (Wildman–Crippen LogP) is 3.81. The molecule has 0 aliphatic rings. The second-order valence-corrected chi connectivity index (χ2v) is 5.34. The van der Waals surface area contributed by atoms with Crippen LogP contribution in [0, 0.1) is 0 Å². The fourth-order valence-corrected chi connectivity index (χ4v) is 2.17. The van der Waals surface area contributed by atoms with Gasteiger partial charge in [0.2, 0.25) is 0 Å². The first-order chi connectivity index (χ1) is 11.2. The van der Waals surface area contributed by atoms with E-state index in [-0.39, 0.29) is 12.5 Å². The van der Waals surface area contributed by atoms with Crippen LogP contribution < -0.4 is 5.32 Å². The highest BCUT2D eigenvalue weighted by molar-refractivity contribution is 5.82. The predicted molar refractivity (Wildman–Crippen MR) is 88.9 cm³/mol. The quantitative estimate of drug-likeness (QED) is 0.525. The molecule has 0 saturated carbocycles. The van der Waals surface area contributed by atoms with E-state index in [0.717, 1.165) is 31.2 Å². The second kappa shape index (κ2) is 11.5. The van der Waals surface area contributed by atoms with Crippen molar-refractivity contribution in [1.29, 1.82) is 0 Å². The summed E-state index contributed by atoms with van der Waals surface area (Å²) in [6.07, 6.45) is 3.01. The Morgan fingerprint density at radius 3 is 2.48 bits per heavy atom. The van der Waals surface area contributed by atoms with Gasteiger partial charge >= 0.3 is 6.16 Å². The van der Waals surface area contributed by atoms with Gasteiger partial charge in [-0.1, -0.05) is 56.5 Å². The molecule has 1 amide bonds. The number of amides is 1. The Kier molecular flexibility index (Phi) is 9.52. The molecule has 1 aromatic rings. The highest BCUT2D eigenvalue weighted by atomic mass is 16.7. The minimum atomic E-state index is -0.797. The zero-order valence-corrected chi connectivity index (χ0v) is 14.0. The van der Waals surface area contributed by atoms with Crippen LogP contribution in [0.4, 0.5) is 4.79 Å². The van der Waals surface area contributed by atoms with Crippen LogP contribution in [0.3, 0.4) is 0 Å². The average molecular weight is 321 g/mol. The van der Waals surface area contributed by atoms with E-state index in [4.69, 9.17) is 9.47 Å². The van der Waals surface area contributed by atoms with Crippen LogP contribution in [-0.4, -0.2) is 24.8 Å². The van der Waals surface area contributed by atoms with Gasteiger partial charge in [0.15, 0.2) is 6.10 Å². The van der Waals surface area contributed by atoms with Gasteiger partial charge in [0.1, 0.15) is 0 Å². The van der Waals surface area contributed by atoms with Gasteiger partial charge in [0.05, 0.1) is 6.61 Å². The van der Waals surface area contributed by atoms with Gasteiger partial charge in [-0.3, -0.25) is 4.79 Å². The van der Waals surface area contributed by atoms with Gasteiger partial charge in [-0.15, -0.1) is 0 Å². The van der Waals surface area contributed by atoms with Crippen LogP contribution in [-0.2, 0) is 20.8 Å². The summed E-state index contributed by atoms with van der Waals surface area (Å²) >= 11 is 0. The Morgan fingerprint density at radius 2 is 1.83 bits per heavy atom. The van der Waals surface area contributed by atoms with Crippen molar-refractivity contribution < 1.29 is 19.1 Å². The first-order valence-electron chi connectivity index (χ1n) is 8.32. The van der Waals surface area contributed by atoms with Crippen molar-refractivity contribution in [1.82, 2.24) is 5.32 Å². The van der Waals surface area contributed by atoms with Crippen LogP contribution in [0.1, 0.15) is 51.5 Å². The number of benzene rings is 1. The van der Waals surface area contributed by atoms with Crippen LogP contribution in [0.5, 0.6) is 0 Å². The third-order valence-electron chi connectivity index (χ3n) is 3.42. The van der Waals surface area contributed by atoms with Crippen molar-refractivity contribution in [3.8, 4) is 0 Å². The van der Waals surface area contributed by atoms with E-state index < -0.39 is 12.3 Å². The molecule has 0 aromatic heterocycles.